The molecule has 0 spiro atoms. The predicted octanol–water partition coefficient (Wildman–Crippen LogP) is 2.59. The maximum absolute atomic E-state index is 12.0. The van der Waals surface area contributed by atoms with Gasteiger partial charge in [-0.05, 0) is 61.3 Å². The summed E-state index contributed by atoms with van der Waals surface area (Å²) in [5.41, 5.74) is 0.797. The van der Waals surface area contributed by atoms with Crippen LogP contribution in [0.15, 0.2) is 6.07 Å². The molecule has 5 nitrogen and oxygen atoms in total. The van der Waals surface area contributed by atoms with Gasteiger partial charge in [-0.2, -0.15) is 5.10 Å². The molecule has 104 valence electrons. The van der Waals surface area contributed by atoms with Crippen LogP contribution in [0.1, 0.15) is 32.4 Å². The van der Waals surface area contributed by atoms with E-state index in [1.54, 1.807) is 0 Å². The van der Waals surface area contributed by atoms with E-state index in [0.29, 0.717) is 17.8 Å². The van der Waals surface area contributed by atoms with Gasteiger partial charge in [-0.1, -0.05) is 0 Å². The van der Waals surface area contributed by atoms with Gasteiger partial charge < -0.3 is 9.64 Å². The van der Waals surface area contributed by atoms with Crippen molar-refractivity contribution in [2.24, 2.45) is 11.8 Å². The first-order valence-electron chi connectivity index (χ1n) is 6.54. The Labute approximate surface area is 126 Å². The highest BCUT2D eigenvalue weighted by Gasteiger charge is 2.58. The van der Waals surface area contributed by atoms with Crippen molar-refractivity contribution in [3.63, 3.8) is 0 Å². The average molecular weight is 375 g/mol. The standard InChI is InChI=1S/C13H18IN3O2/c1-13(2,3)19-12(18)17-5-7-8(6-17)11(7)9-4-10(14)16-15-9/h4,7-8,11H,5-6H2,1-3H3,(H,15,16)/t7-,8+,11?. The predicted molar refractivity (Wildman–Crippen MR) is 78.8 cm³/mol. The van der Waals surface area contributed by atoms with Gasteiger partial charge in [0.25, 0.3) is 0 Å². The molecule has 1 aliphatic carbocycles. The van der Waals surface area contributed by atoms with Gasteiger partial charge in [0.1, 0.15) is 9.30 Å². The van der Waals surface area contributed by atoms with Gasteiger partial charge in [0.2, 0.25) is 0 Å². The van der Waals surface area contributed by atoms with Crippen LogP contribution >= 0.6 is 22.6 Å². The van der Waals surface area contributed by atoms with E-state index in [-0.39, 0.29) is 6.09 Å². The summed E-state index contributed by atoms with van der Waals surface area (Å²) in [6.07, 6.45) is -0.183. The monoisotopic (exact) mass is 375 g/mol. The van der Waals surface area contributed by atoms with Gasteiger partial charge in [-0.15, -0.1) is 0 Å². The van der Waals surface area contributed by atoms with Crippen LogP contribution in [-0.2, 0) is 4.74 Å². The van der Waals surface area contributed by atoms with E-state index in [9.17, 15) is 4.79 Å². The third-order valence-electron chi connectivity index (χ3n) is 3.77. The quantitative estimate of drug-likeness (QED) is 0.768. The SMILES string of the molecule is CC(C)(C)OC(=O)N1C[C@@H]2C(c3cc(I)n[nH]3)[C@@H]2C1. The Bertz CT molecular complexity index is 496. The maximum Gasteiger partial charge on any atom is 0.410 e. The zero-order chi connectivity index (χ0) is 13.8. The highest BCUT2D eigenvalue weighted by molar-refractivity contribution is 14.1. The number of H-pyrrole nitrogens is 1. The van der Waals surface area contributed by atoms with E-state index >= 15 is 0 Å². The van der Waals surface area contributed by atoms with Crippen molar-refractivity contribution >= 4 is 28.7 Å². The van der Waals surface area contributed by atoms with E-state index in [0.717, 1.165) is 16.8 Å². The molecule has 3 rings (SSSR count). The lowest BCUT2D eigenvalue weighted by molar-refractivity contribution is 0.0271. The minimum absolute atomic E-state index is 0.183. The Morgan fingerprint density at radius 1 is 1.47 bits per heavy atom. The number of rotatable bonds is 1. The van der Waals surface area contributed by atoms with E-state index in [1.807, 2.05) is 25.7 Å². The van der Waals surface area contributed by atoms with Crippen molar-refractivity contribution in [2.45, 2.75) is 32.3 Å². The number of aromatic nitrogens is 2. The molecule has 19 heavy (non-hydrogen) atoms. The number of aromatic amines is 1. The van der Waals surface area contributed by atoms with Crippen LogP contribution in [-0.4, -0.2) is 39.9 Å². The Hall–Kier alpha value is -0.790. The van der Waals surface area contributed by atoms with E-state index in [4.69, 9.17) is 4.74 Å². The van der Waals surface area contributed by atoms with Crippen LogP contribution in [0.3, 0.4) is 0 Å². The summed E-state index contributed by atoms with van der Waals surface area (Å²) in [7, 11) is 0. The second-order valence-corrected chi connectivity index (χ2v) is 7.49. The lowest BCUT2D eigenvalue weighted by atomic mass is 10.2. The summed E-state index contributed by atoms with van der Waals surface area (Å²) >= 11 is 2.21. The molecule has 1 unspecified atom stereocenters. The van der Waals surface area contributed by atoms with Crippen LogP contribution in [0.25, 0.3) is 0 Å². The number of nitrogens with one attached hydrogen (secondary N) is 1. The minimum atomic E-state index is -0.414. The number of likely N-dealkylation sites (tertiary alicyclic amines) is 1. The van der Waals surface area contributed by atoms with Gasteiger partial charge in [0.15, 0.2) is 0 Å². The summed E-state index contributed by atoms with van der Waals surface area (Å²) in [6.45, 7) is 7.31. The molecule has 1 N–H and O–H groups in total. The fraction of sp³-hybridized carbons (Fsp3) is 0.692. The van der Waals surface area contributed by atoms with Gasteiger partial charge in [0.05, 0.1) is 0 Å². The number of halogens is 1. The molecule has 0 aromatic carbocycles. The van der Waals surface area contributed by atoms with Crippen LogP contribution in [0.5, 0.6) is 0 Å². The minimum Gasteiger partial charge on any atom is -0.444 e. The second kappa shape index (κ2) is 4.36. The lowest BCUT2D eigenvalue weighted by Gasteiger charge is -2.25. The summed E-state index contributed by atoms with van der Waals surface area (Å²) < 4.78 is 6.40. The van der Waals surface area contributed by atoms with Crippen molar-refractivity contribution in [1.29, 1.82) is 0 Å². The molecule has 0 radical (unpaired) electrons. The molecule has 1 aromatic rings. The number of hydrogen-bond acceptors (Lipinski definition) is 3. The molecule has 1 aromatic heterocycles. The van der Waals surface area contributed by atoms with Crippen LogP contribution in [0.2, 0.25) is 0 Å². The van der Waals surface area contributed by atoms with Gasteiger partial charge in [0, 0.05) is 24.7 Å². The lowest BCUT2D eigenvalue weighted by Crippen LogP contribution is -2.36. The molecule has 2 fully saturated rings. The normalized spacial score (nSPS) is 29.3. The molecule has 1 aliphatic heterocycles. The molecule has 1 saturated heterocycles. The van der Waals surface area contributed by atoms with Crippen LogP contribution in [0.4, 0.5) is 4.79 Å². The number of hydrogen-bond donors (Lipinski definition) is 1. The number of ether oxygens (including phenoxy) is 1. The molecule has 1 amide bonds. The Balaban J connectivity index is 1.57. The number of carbonyl (C=O) groups excluding carboxylic acids is 1. The fourth-order valence-electron chi connectivity index (χ4n) is 2.94. The maximum atomic E-state index is 12.0. The number of piperidine rings is 1. The molecular formula is C13H18IN3O2. The summed E-state index contributed by atoms with van der Waals surface area (Å²) in [5.74, 6) is 1.70. The van der Waals surface area contributed by atoms with Crippen molar-refractivity contribution in [1.82, 2.24) is 15.1 Å². The smallest absolute Gasteiger partial charge is 0.410 e. The molecule has 1 saturated carbocycles. The third-order valence-corrected chi connectivity index (χ3v) is 4.32. The molecular weight excluding hydrogens is 357 g/mol. The van der Waals surface area contributed by atoms with Crippen molar-refractivity contribution < 1.29 is 9.53 Å². The molecule has 2 aliphatic rings. The van der Waals surface area contributed by atoms with Gasteiger partial charge in [-0.25, -0.2) is 4.79 Å². The third kappa shape index (κ3) is 2.59. The summed E-state index contributed by atoms with van der Waals surface area (Å²) in [4.78, 5) is 13.8. The topological polar surface area (TPSA) is 58.2 Å². The molecule has 6 heteroatoms. The largest absolute Gasteiger partial charge is 0.444 e. The summed E-state index contributed by atoms with van der Waals surface area (Å²) in [6, 6.07) is 2.10. The van der Waals surface area contributed by atoms with Crippen molar-refractivity contribution in [3.05, 3.63) is 15.5 Å². The number of fused-ring (bicyclic) bond motifs is 1. The van der Waals surface area contributed by atoms with Crippen molar-refractivity contribution in [2.75, 3.05) is 13.1 Å². The second-order valence-electron chi connectivity index (χ2n) is 6.38. The van der Waals surface area contributed by atoms with Gasteiger partial charge in [-0.3, -0.25) is 5.10 Å². The highest BCUT2D eigenvalue weighted by Crippen LogP contribution is 2.57. The first kappa shape index (κ1) is 13.2. The average Bonchev–Trinajstić information content (AvgIpc) is 2.67. The first-order chi connectivity index (χ1) is 8.85. The van der Waals surface area contributed by atoms with Gasteiger partial charge >= 0.3 is 6.09 Å². The Morgan fingerprint density at radius 2 is 2.11 bits per heavy atom. The van der Waals surface area contributed by atoms with E-state index in [1.165, 1.54) is 5.69 Å². The summed E-state index contributed by atoms with van der Waals surface area (Å²) in [5, 5.41) is 7.25. The number of carbonyl (C=O) groups is 1. The van der Waals surface area contributed by atoms with Crippen LogP contribution in [0, 0.1) is 15.5 Å². The van der Waals surface area contributed by atoms with Crippen LogP contribution < -0.4 is 0 Å². The van der Waals surface area contributed by atoms with E-state index < -0.39 is 5.60 Å². The molecule has 2 heterocycles. The van der Waals surface area contributed by atoms with Crippen molar-refractivity contribution in [3.8, 4) is 0 Å². The zero-order valence-electron chi connectivity index (χ0n) is 11.3. The zero-order valence-corrected chi connectivity index (χ0v) is 13.5. The first-order valence-corrected chi connectivity index (χ1v) is 7.62. The molecule has 0 bridgehead atoms. The fourth-order valence-corrected chi connectivity index (χ4v) is 3.40. The molecule has 3 atom stereocenters. The van der Waals surface area contributed by atoms with E-state index in [2.05, 4.69) is 38.9 Å². The Morgan fingerprint density at radius 3 is 2.58 bits per heavy atom. The number of amides is 1. The highest BCUT2D eigenvalue weighted by atomic mass is 127. The number of nitrogens with zero attached hydrogens (tertiary/aromatic N) is 2. The Kier molecular flexibility index (Phi) is 3.03.